The normalized spacial score (nSPS) is 20.7. The van der Waals surface area contributed by atoms with Crippen molar-refractivity contribution >= 4 is 58.4 Å². The molecule has 1 aromatic carbocycles. The van der Waals surface area contributed by atoms with Gasteiger partial charge >= 0.3 is 13.7 Å². The summed E-state index contributed by atoms with van der Waals surface area (Å²) in [6.07, 6.45) is 3.06. The summed E-state index contributed by atoms with van der Waals surface area (Å²) in [5.74, 6) is -0.741. The van der Waals surface area contributed by atoms with E-state index in [9.17, 15) is 14.5 Å². The first-order chi connectivity index (χ1) is 15.6. The van der Waals surface area contributed by atoms with E-state index in [0.29, 0.717) is 24.0 Å². The van der Waals surface area contributed by atoms with Gasteiger partial charge in [0, 0.05) is 10.5 Å². The Labute approximate surface area is 202 Å². The first-order valence-electron chi connectivity index (χ1n) is 9.99. The molecule has 0 saturated heterocycles. The van der Waals surface area contributed by atoms with E-state index in [1.165, 1.54) is 6.92 Å². The molecule has 0 amide bonds. The number of hydrogen-bond donors (Lipinski definition) is 3. The summed E-state index contributed by atoms with van der Waals surface area (Å²) in [4.78, 5) is 23.7. The smallest absolute Gasteiger partial charge is 0.459 e. The number of nitrogens with one attached hydrogen (secondary N) is 1. The highest BCUT2D eigenvalue weighted by Gasteiger charge is 2.37. The molecule has 2 unspecified atom stereocenters. The Kier molecular flexibility index (Phi) is 6.92. The van der Waals surface area contributed by atoms with Crippen LogP contribution in [0.5, 0.6) is 5.75 Å². The minimum Gasteiger partial charge on any atom is -0.480 e. The monoisotopic (exact) mass is 558 g/mol. The molecule has 14 heteroatoms. The maximum absolute atomic E-state index is 13.3. The van der Waals surface area contributed by atoms with E-state index in [-0.39, 0.29) is 35.4 Å². The SMILES string of the molecule is CC(NP(=O)(OC[C@H]1C[C@@H](n2cnc3c(Cl)nc(N)nc32)C1)Oc1ccc(Br)cc1)C(=O)O. The van der Waals surface area contributed by atoms with Crippen molar-refractivity contribution in [2.24, 2.45) is 5.92 Å². The molecule has 1 aliphatic carbocycles. The number of carboxylic acid groups (broad SMARTS) is 1. The highest BCUT2D eigenvalue weighted by Crippen LogP contribution is 2.48. The molecule has 0 bridgehead atoms. The molecule has 1 saturated carbocycles. The lowest BCUT2D eigenvalue weighted by Gasteiger charge is -2.36. The molecule has 33 heavy (non-hydrogen) atoms. The zero-order valence-corrected chi connectivity index (χ0v) is 20.6. The predicted octanol–water partition coefficient (Wildman–Crippen LogP) is 4.04. The number of benzene rings is 1. The second kappa shape index (κ2) is 9.55. The number of hydrogen-bond acceptors (Lipinski definition) is 8. The van der Waals surface area contributed by atoms with E-state index in [1.54, 1.807) is 30.6 Å². The van der Waals surface area contributed by atoms with Crippen LogP contribution < -0.4 is 15.3 Å². The lowest BCUT2D eigenvalue weighted by Crippen LogP contribution is -2.35. The maximum atomic E-state index is 13.3. The summed E-state index contributed by atoms with van der Waals surface area (Å²) < 4.78 is 27.2. The van der Waals surface area contributed by atoms with Gasteiger partial charge in [0.25, 0.3) is 0 Å². The molecule has 11 nitrogen and oxygen atoms in total. The maximum Gasteiger partial charge on any atom is 0.459 e. The molecule has 2 aromatic heterocycles. The quantitative estimate of drug-likeness (QED) is 0.258. The Bertz CT molecular complexity index is 1220. The molecule has 3 aromatic rings. The predicted molar refractivity (Wildman–Crippen MR) is 125 cm³/mol. The Morgan fingerprint density at radius 3 is 2.76 bits per heavy atom. The van der Waals surface area contributed by atoms with E-state index >= 15 is 0 Å². The van der Waals surface area contributed by atoms with Gasteiger partial charge in [-0.05, 0) is 49.9 Å². The van der Waals surface area contributed by atoms with Gasteiger partial charge in [-0.3, -0.25) is 9.32 Å². The summed E-state index contributed by atoms with van der Waals surface area (Å²) in [6.45, 7) is 1.49. The third kappa shape index (κ3) is 5.47. The molecule has 2 heterocycles. The number of fused-ring (bicyclic) bond motifs is 1. The zero-order chi connectivity index (χ0) is 23.8. The first-order valence-corrected chi connectivity index (χ1v) is 12.7. The Balaban J connectivity index is 1.41. The average molecular weight is 560 g/mol. The molecule has 2 atom stereocenters. The number of imidazole rings is 1. The zero-order valence-electron chi connectivity index (χ0n) is 17.4. The Hall–Kier alpha value is -2.24. The minimum atomic E-state index is -3.95. The fourth-order valence-corrected chi connectivity index (χ4v) is 5.50. The summed E-state index contributed by atoms with van der Waals surface area (Å²) in [7, 11) is -3.95. The van der Waals surface area contributed by atoms with Crippen LogP contribution in [0.1, 0.15) is 25.8 Å². The van der Waals surface area contributed by atoms with Crippen LogP contribution in [-0.4, -0.2) is 43.2 Å². The molecular formula is C19H21BrClN6O5P. The molecule has 0 aliphatic heterocycles. The molecule has 0 spiro atoms. The van der Waals surface area contributed by atoms with E-state index in [4.69, 9.17) is 26.4 Å². The van der Waals surface area contributed by atoms with Crippen molar-refractivity contribution in [2.45, 2.75) is 31.8 Å². The van der Waals surface area contributed by atoms with Crippen molar-refractivity contribution < 1.29 is 23.5 Å². The van der Waals surface area contributed by atoms with Crippen LogP contribution in [0.25, 0.3) is 11.2 Å². The van der Waals surface area contributed by atoms with Crippen molar-refractivity contribution in [3.8, 4) is 5.75 Å². The Morgan fingerprint density at radius 1 is 1.39 bits per heavy atom. The number of nitrogens with two attached hydrogens (primary N) is 1. The second-order valence-electron chi connectivity index (χ2n) is 7.72. The Morgan fingerprint density at radius 2 is 2.09 bits per heavy atom. The van der Waals surface area contributed by atoms with Crippen molar-refractivity contribution in [1.82, 2.24) is 24.6 Å². The number of carbonyl (C=O) groups is 1. The number of nitrogen functional groups attached to an aromatic ring is 1. The molecule has 1 aliphatic rings. The minimum absolute atomic E-state index is 0.0677. The van der Waals surface area contributed by atoms with Crippen LogP contribution in [-0.2, 0) is 13.9 Å². The van der Waals surface area contributed by atoms with Gasteiger partial charge in [0.1, 0.15) is 17.3 Å². The van der Waals surface area contributed by atoms with Gasteiger partial charge in [-0.15, -0.1) is 0 Å². The summed E-state index contributed by atoms with van der Waals surface area (Å²) in [5.41, 5.74) is 6.73. The highest BCUT2D eigenvalue weighted by atomic mass is 79.9. The number of carboxylic acids is 1. The van der Waals surface area contributed by atoms with Crippen LogP contribution in [0, 0.1) is 5.92 Å². The fourth-order valence-electron chi connectivity index (χ4n) is 3.45. The molecular weight excluding hydrogens is 539 g/mol. The molecule has 0 radical (unpaired) electrons. The third-order valence-corrected chi connectivity index (χ3v) is 7.68. The molecule has 1 fully saturated rings. The van der Waals surface area contributed by atoms with Gasteiger partial charge in [0.2, 0.25) is 5.95 Å². The highest BCUT2D eigenvalue weighted by molar-refractivity contribution is 9.10. The lowest BCUT2D eigenvalue weighted by molar-refractivity contribution is -0.138. The van der Waals surface area contributed by atoms with Gasteiger partial charge < -0.3 is 19.9 Å². The van der Waals surface area contributed by atoms with Crippen molar-refractivity contribution in [3.63, 3.8) is 0 Å². The van der Waals surface area contributed by atoms with Gasteiger partial charge in [-0.1, -0.05) is 27.5 Å². The summed E-state index contributed by atoms with van der Waals surface area (Å²) >= 11 is 9.40. The standard InChI is InChI=1S/C19H21BrClN6O5P/c1-10(18(28)29)26-33(30,32-14-4-2-12(20)3-5-14)31-8-11-6-13(7-11)27-9-23-15-16(21)24-19(22)25-17(15)27/h2-5,9-11,13H,6-8H2,1H3,(H,26,30)(H,28,29)(H2,22,24,25)/t10?,11-,13+,33?. The first kappa shape index (κ1) is 23.9. The largest absolute Gasteiger partial charge is 0.480 e. The number of aliphatic carboxylic acids is 1. The van der Waals surface area contributed by atoms with Crippen molar-refractivity contribution in [3.05, 3.63) is 40.2 Å². The van der Waals surface area contributed by atoms with Gasteiger partial charge in [-0.25, -0.2) is 9.55 Å². The molecule has 4 rings (SSSR count). The molecule has 176 valence electrons. The number of rotatable bonds is 9. The fraction of sp³-hybridized carbons (Fsp3) is 0.368. The number of nitrogens with zero attached hydrogens (tertiary/aromatic N) is 4. The topological polar surface area (TPSA) is 154 Å². The van der Waals surface area contributed by atoms with E-state index < -0.39 is 19.8 Å². The number of anilines is 1. The van der Waals surface area contributed by atoms with E-state index in [0.717, 1.165) is 4.47 Å². The van der Waals surface area contributed by atoms with Crippen LogP contribution in [0.2, 0.25) is 5.15 Å². The van der Waals surface area contributed by atoms with Crippen LogP contribution >= 0.6 is 35.3 Å². The molecule has 4 N–H and O–H groups in total. The number of halogens is 2. The van der Waals surface area contributed by atoms with Crippen LogP contribution in [0.3, 0.4) is 0 Å². The van der Waals surface area contributed by atoms with Crippen LogP contribution in [0.4, 0.5) is 5.95 Å². The number of aromatic nitrogens is 4. The van der Waals surface area contributed by atoms with Crippen LogP contribution in [0.15, 0.2) is 35.1 Å². The van der Waals surface area contributed by atoms with Gasteiger partial charge in [-0.2, -0.15) is 15.1 Å². The van der Waals surface area contributed by atoms with E-state index in [1.807, 2.05) is 4.57 Å². The van der Waals surface area contributed by atoms with E-state index in [2.05, 4.69) is 36.0 Å². The second-order valence-corrected chi connectivity index (χ2v) is 10.7. The third-order valence-electron chi connectivity index (χ3n) is 5.24. The van der Waals surface area contributed by atoms with Crippen molar-refractivity contribution in [1.29, 1.82) is 0 Å². The van der Waals surface area contributed by atoms with Crippen molar-refractivity contribution in [2.75, 3.05) is 12.3 Å². The summed E-state index contributed by atoms with van der Waals surface area (Å²) in [6, 6.07) is 5.60. The lowest BCUT2D eigenvalue weighted by atomic mass is 9.81. The summed E-state index contributed by atoms with van der Waals surface area (Å²) in [5, 5.41) is 11.9. The van der Waals surface area contributed by atoms with Gasteiger partial charge in [0.05, 0.1) is 12.9 Å². The van der Waals surface area contributed by atoms with Gasteiger partial charge in [0.15, 0.2) is 10.8 Å². The average Bonchev–Trinajstić information content (AvgIpc) is 3.12.